The molecule has 0 spiro atoms. The molecule has 202 valence electrons. The molecule has 2 amide bonds. The van der Waals surface area contributed by atoms with Gasteiger partial charge < -0.3 is 20.1 Å². The summed E-state index contributed by atoms with van der Waals surface area (Å²) >= 11 is 0. The van der Waals surface area contributed by atoms with Gasteiger partial charge in [0.25, 0.3) is 0 Å². The molecule has 3 aromatic carbocycles. The summed E-state index contributed by atoms with van der Waals surface area (Å²) < 4.78 is 11.6. The first-order valence-electron chi connectivity index (χ1n) is 13.4. The number of aryl methyl sites for hydroxylation is 1. The first kappa shape index (κ1) is 27.6. The Morgan fingerprint density at radius 2 is 1.59 bits per heavy atom. The van der Waals surface area contributed by atoms with Crippen LogP contribution in [0.3, 0.4) is 0 Å². The second-order valence-electron chi connectivity index (χ2n) is 9.40. The summed E-state index contributed by atoms with van der Waals surface area (Å²) in [6.07, 6.45) is 7.62. The second kappa shape index (κ2) is 14.5. The third kappa shape index (κ3) is 8.85. The largest absolute Gasteiger partial charge is 0.494 e. The van der Waals surface area contributed by atoms with E-state index >= 15 is 0 Å². The quantitative estimate of drug-likeness (QED) is 0.362. The van der Waals surface area contributed by atoms with Crippen LogP contribution in [0.2, 0.25) is 0 Å². The molecule has 2 aliphatic rings. The number of benzene rings is 3. The molecule has 7 nitrogen and oxygen atoms in total. The average Bonchev–Trinajstić information content (AvgIpc) is 2.96. The summed E-state index contributed by atoms with van der Waals surface area (Å²) in [7, 11) is 0. The van der Waals surface area contributed by atoms with Crippen molar-refractivity contribution in [2.24, 2.45) is 0 Å². The van der Waals surface area contributed by atoms with Crippen LogP contribution in [0, 0.1) is 0 Å². The van der Waals surface area contributed by atoms with Crippen molar-refractivity contribution in [3.63, 3.8) is 0 Å². The Morgan fingerprint density at radius 3 is 2.41 bits per heavy atom. The lowest BCUT2D eigenvalue weighted by molar-refractivity contribution is -0.139. The summed E-state index contributed by atoms with van der Waals surface area (Å²) in [4.78, 5) is 38.6. The zero-order valence-electron chi connectivity index (χ0n) is 21.9. The molecule has 2 bridgehead atoms. The number of fused-ring (bicyclic) bond motifs is 13. The van der Waals surface area contributed by atoms with Crippen LogP contribution in [0.4, 0.5) is 0 Å². The van der Waals surface area contributed by atoms with Gasteiger partial charge in [0, 0.05) is 24.6 Å². The van der Waals surface area contributed by atoms with E-state index < -0.39 is 12.0 Å². The Labute approximate surface area is 229 Å². The van der Waals surface area contributed by atoms with E-state index in [1.165, 1.54) is 6.08 Å². The van der Waals surface area contributed by atoms with Crippen molar-refractivity contribution in [2.75, 3.05) is 13.2 Å². The lowest BCUT2D eigenvalue weighted by atomic mass is 10.1. The molecule has 0 fully saturated rings. The number of carbonyl (C=O) groups is 3. The monoisotopic (exact) mass is 526 g/mol. The van der Waals surface area contributed by atoms with Crippen molar-refractivity contribution in [1.29, 1.82) is 0 Å². The fraction of sp³-hybridized carbons (Fsp3) is 0.281. The van der Waals surface area contributed by atoms with Crippen LogP contribution in [0.5, 0.6) is 11.5 Å². The lowest BCUT2D eigenvalue weighted by Crippen LogP contribution is -2.36. The Hall–Kier alpha value is -4.39. The van der Waals surface area contributed by atoms with Crippen molar-refractivity contribution in [3.05, 3.63) is 102 Å². The molecule has 1 atom stereocenters. The van der Waals surface area contributed by atoms with Crippen molar-refractivity contribution >= 4 is 23.9 Å². The minimum Gasteiger partial charge on any atom is -0.494 e. The van der Waals surface area contributed by atoms with Gasteiger partial charge in [-0.3, -0.25) is 9.59 Å². The molecule has 2 N–H and O–H groups in total. The molecule has 0 saturated heterocycles. The van der Waals surface area contributed by atoms with Gasteiger partial charge in [-0.2, -0.15) is 0 Å². The van der Waals surface area contributed by atoms with Crippen LogP contribution in [0.15, 0.2) is 84.9 Å². The SMILES string of the molecule is O=C1/C=C\c2ccccc2OC(=O)[C@H](NC(=O)CCc2ccccc2)c2ccc(cc2)OCCCCCCN1. The van der Waals surface area contributed by atoms with E-state index in [9.17, 15) is 14.4 Å². The number of rotatable bonds is 4. The Bertz CT molecular complexity index is 1270. The molecule has 3 aromatic rings. The zero-order chi connectivity index (χ0) is 27.3. The molecule has 0 saturated carbocycles. The maximum absolute atomic E-state index is 13.4. The molecule has 2 heterocycles. The van der Waals surface area contributed by atoms with Crippen LogP contribution >= 0.6 is 0 Å². The zero-order valence-corrected chi connectivity index (χ0v) is 21.9. The Kier molecular flexibility index (Phi) is 10.3. The predicted molar refractivity (Wildman–Crippen MR) is 150 cm³/mol. The molecular formula is C32H34N2O5. The van der Waals surface area contributed by atoms with E-state index in [0.717, 1.165) is 31.2 Å². The average molecular weight is 527 g/mol. The maximum atomic E-state index is 13.4. The van der Waals surface area contributed by atoms with Gasteiger partial charge in [0.1, 0.15) is 11.5 Å². The lowest BCUT2D eigenvalue weighted by Gasteiger charge is -2.19. The van der Waals surface area contributed by atoms with Gasteiger partial charge >= 0.3 is 5.97 Å². The minimum absolute atomic E-state index is 0.211. The molecule has 0 aliphatic carbocycles. The molecule has 2 aliphatic heterocycles. The normalized spacial score (nSPS) is 17.6. The van der Waals surface area contributed by atoms with Gasteiger partial charge in [0.15, 0.2) is 6.04 Å². The molecular weight excluding hydrogens is 492 g/mol. The fourth-order valence-electron chi connectivity index (χ4n) is 4.26. The molecule has 0 aromatic heterocycles. The number of hydrogen-bond acceptors (Lipinski definition) is 5. The molecule has 7 heteroatoms. The summed E-state index contributed by atoms with van der Waals surface area (Å²) in [6.45, 7) is 1.17. The second-order valence-corrected chi connectivity index (χ2v) is 9.40. The van der Waals surface area contributed by atoms with Gasteiger partial charge in [-0.05, 0) is 54.7 Å². The maximum Gasteiger partial charge on any atom is 0.338 e. The summed E-state index contributed by atoms with van der Waals surface area (Å²) in [5.41, 5.74) is 2.20. The van der Waals surface area contributed by atoms with Crippen LogP contribution < -0.4 is 20.1 Å². The van der Waals surface area contributed by atoms with Crippen LogP contribution in [-0.2, 0) is 20.8 Å². The standard InChI is InChI=1S/C32H34N2O5/c35-29-21-17-25-12-6-7-13-28(25)39-32(37)31(34-30(36)20-14-24-10-4-3-5-11-24)26-15-18-27(19-16-26)38-23-9-2-1-8-22-33-29/h3-7,10-13,15-19,21,31H,1-2,8-9,14,20,22-23H2,(H,33,35)(H,34,36)/b21-17-/t31-/m1/s1. The van der Waals surface area contributed by atoms with E-state index in [4.69, 9.17) is 9.47 Å². The van der Waals surface area contributed by atoms with E-state index in [-0.39, 0.29) is 18.2 Å². The molecule has 5 rings (SSSR count). The number of hydrogen-bond donors (Lipinski definition) is 2. The highest BCUT2D eigenvalue weighted by molar-refractivity contribution is 5.92. The summed E-state index contributed by atoms with van der Waals surface area (Å²) in [5.74, 6) is -0.114. The first-order chi connectivity index (χ1) is 19.1. The number of nitrogens with one attached hydrogen (secondary N) is 2. The molecule has 0 radical (unpaired) electrons. The Morgan fingerprint density at radius 1 is 0.846 bits per heavy atom. The predicted octanol–water partition coefficient (Wildman–Crippen LogP) is 5.16. The number of para-hydroxylation sites is 1. The smallest absolute Gasteiger partial charge is 0.338 e. The van der Waals surface area contributed by atoms with Gasteiger partial charge in [-0.1, -0.05) is 73.5 Å². The van der Waals surface area contributed by atoms with Gasteiger partial charge in [-0.15, -0.1) is 0 Å². The third-order valence-electron chi connectivity index (χ3n) is 6.42. The molecule has 39 heavy (non-hydrogen) atoms. The van der Waals surface area contributed by atoms with Gasteiger partial charge in [0.05, 0.1) is 6.61 Å². The van der Waals surface area contributed by atoms with E-state index in [1.807, 2.05) is 30.3 Å². The van der Waals surface area contributed by atoms with Gasteiger partial charge in [-0.25, -0.2) is 4.79 Å². The summed E-state index contributed by atoms with van der Waals surface area (Å²) in [6, 6.07) is 22.8. The van der Waals surface area contributed by atoms with Crippen molar-refractivity contribution in [2.45, 2.75) is 44.6 Å². The number of ether oxygens (including phenoxy) is 2. The third-order valence-corrected chi connectivity index (χ3v) is 6.42. The van der Waals surface area contributed by atoms with Gasteiger partial charge in [0.2, 0.25) is 11.8 Å². The number of esters is 1. The van der Waals surface area contributed by atoms with E-state index in [1.54, 1.807) is 54.6 Å². The van der Waals surface area contributed by atoms with Crippen LogP contribution in [0.25, 0.3) is 6.08 Å². The van der Waals surface area contributed by atoms with Crippen LogP contribution in [-0.4, -0.2) is 30.9 Å². The number of amides is 2. The molecule has 0 unspecified atom stereocenters. The highest BCUT2D eigenvalue weighted by Gasteiger charge is 2.25. The topological polar surface area (TPSA) is 93.7 Å². The van der Waals surface area contributed by atoms with Crippen LogP contribution in [0.1, 0.15) is 54.8 Å². The highest BCUT2D eigenvalue weighted by atomic mass is 16.5. The van der Waals surface area contributed by atoms with E-state index in [2.05, 4.69) is 10.6 Å². The first-order valence-corrected chi connectivity index (χ1v) is 13.4. The van der Waals surface area contributed by atoms with Crippen molar-refractivity contribution in [1.82, 2.24) is 10.6 Å². The fourth-order valence-corrected chi connectivity index (χ4v) is 4.26. The minimum atomic E-state index is -1.02. The number of carbonyl (C=O) groups excluding carboxylic acids is 3. The van der Waals surface area contributed by atoms with E-state index in [0.29, 0.717) is 42.2 Å². The highest BCUT2D eigenvalue weighted by Crippen LogP contribution is 2.24. The van der Waals surface area contributed by atoms with Crippen molar-refractivity contribution < 1.29 is 23.9 Å². The Balaban J connectivity index is 1.56. The summed E-state index contributed by atoms with van der Waals surface area (Å²) in [5, 5.41) is 5.73. The van der Waals surface area contributed by atoms with Crippen molar-refractivity contribution in [3.8, 4) is 11.5 Å².